The number of nitrogens with two attached hydrogens (primary N) is 1. The van der Waals surface area contributed by atoms with Crippen LogP contribution < -0.4 is 15.8 Å². The maximum atomic E-state index is 7.36. The zero-order valence-electron chi connectivity index (χ0n) is 14.5. The van der Waals surface area contributed by atoms with Crippen LogP contribution in [0.3, 0.4) is 0 Å². The average molecular weight is 346 g/mol. The van der Waals surface area contributed by atoms with Crippen LogP contribution >= 0.6 is 0 Å². The number of ether oxygens (including phenoxy) is 1. The Kier molecular flexibility index (Phi) is 5.96. The zero-order valence-corrected chi connectivity index (χ0v) is 14.5. The Morgan fingerprint density at radius 3 is 2.38 bits per heavy atom. The monoisotopic (exact) mass is 346 g/mol. The van der Waals surface area contributed by atoms with Gasteiger partial charge in [-0.15, -0.1) is 0 Å². The van der Waals surface area contributed by atoms with Crippen molar-refractivity contribution in [3.8, 4) is 11.6 Å². The van der Waals surface area contributed by atoms with Gasteiger partial charge in [-0.3, -0.25) is 5.41 Å². The Labute approximate surface area is 153 Å². The molecular formula is C21H22N4O. The van der Waals surface area contributed by atoms with E-state index in [1.165, 1.54) is 17.3 Å². The Bertz CT molecular complexity index is 830. The summed E-state index contributed by atoms with van der Waals surface area (Å²) in [6.07, 6.45) is 2.49. The van der Waals surface area contributed by atoms with Gasteiger partial charge < -0.3 is 15.8 Å². The lowest BCUT2D eigenvalue weighted by atomic mass is 10.1. The number of hydrogen-bond acceptors (Lipinski definition) is 4. The molecule has 0 spiro atoms. The fraction of sp³-hybridized carbons (Fsp3) is 0.143. The second kappa shape index (κ2) is 8.78. The summed E-state index contributed by atoms with van der Waals surface area (Å²) < 4.78 is 5.71. The first-order valence-corrected chi connectivity index (χ1v) is 8.52. The zero-order chi connectivity index (χ0) is 18.2. The molecule has 26 heavy (non-hydrogen) atoms. The van der Waals surface area contributed by atoms with Gasteiger partial charge in [-0.2, -0.15) is 0 Å². The smallest absolute Gasteiger partial charge is 0.219 e. The average Bonchev–Trinajstić information content (AvgIpc) is 2.68. The molecule has 5 heteroatoms. The minimum Gasteiger partial charge on any atom is -0.439 e. The molecule has 0 saturated carbocycles. The summed E-state index contributed by atoms with van der Waals surface area (Å²) in [6, 6.07) is 21.8. The number of amidine groups is 1. The summed E-state index contributed by atoms with van der Waals surface area (Å²) in [5, 5.41) is 10.8. The van der Waals surface area contributed by atoms with Crippen molar-refractivity contribution < 1.29 is 4.74 Å². The third-order valence-corrected chi connectivity index (χ3v) is 3.96. The molecule has 0 aliphatic heterocycles. The first-order chi connectivity index (χ1) is 12.7. The van der Waals surface area contributed by atoms with Crippen LogP contribution in [0.25, 0.3) is 0 Å². The van der Waals surface area contributed by atoms with E-state index >= 15 is 0 Å². The van der Waals surface area contributed by atoms with Gasteiger partial charge in [0.25, 0.3) is 0 Å². The van der Waals surface area contributed by atoms with Crippen molar-refractivity contribution in [2.24, 2.45) is 5.73 Å². The summed E-state index contributed by atoms with van der Waals surface area (Å²) in [5.41, 5.74) is 8.53. The fourth-order valence-corrected chi connectivity index (χ4v) is 2.51. The van der Waals surface area contributed by atoms with Gasteiger partial charge in [0.2, 0.25) is 5.88 Å². The van der Waals surface area contributed by atoms with E-state index in [2.05, 4.69) is 46.7 Å². The lowest BCUT2D eigenvalue weighted by Gasteiger charge is -2.08. The van der Waals surface area contributed by atoms with Gasteiger partial charge in [-0.1, -0.05) is 42.5 Å². The molecule has 1 aromatic heterocycles. The molecule has 3 rings (SSSR count). The van der Waals surface area contributed by atoms with Crippen LogP contribution in [0.1, 0.15) is 16.7 Å². The van der Waals surface area contributed by atoms with Crippen LogP contribution in [0.2, 0.25) is 0 Å². The fourth-order valence-electron chi connectivity index (χ4n) is 2.51. The molecule has 2 aromatic carbocycles. The molecule has 0 aliphatic carbocycles. The van der Waals surface area contributed by atoms with Crippen molar-refractivity contribution in [2.45, 2.75) is 13.0 Å². The number of pyridine rings is 1. The van der Waals surface area contributed by atoms with E-state index < -0.39 is 0 Å². The maximum Gasteiger partial charge on any atom is 0.219 e. The molecule has 3 aromatic rings. The molecule has 0 bridgehead atoms. The Morgan fingerprint density at radius 1 is 0.962 bits per heavy atom. The van der Waals surface area contributed by atoms with E-state index in [0.717, 1.165) is 25.3 Å². The van der Waals surface area contributed by atoms with Crippen LogP contribution in [0, 0.1) is 5.41 Å². The molecule has 0 atom stereocenters. The van der Waals surface area contributed by atoms with Crippen molar-refractivity contribution in [3.05, 3.63) is 89.6 Å². The largest absolute Gasteiger partial charge is 0.439 e. The summed E-state index contributed by atoms with van der Waals surface area (Å²) in [4.78, 5) is 4.15. The first-order valence-electron chi connectivity index (χ1n) is 8.52. The molecule has 5 nitrogen and oxygen atoms in total. The Hall–Kier alpha value is -3.18. The van der Waals surface area contributed by atoms with E-state index in [4.69, 9.17) is 15.9 Å². The summed E-state index contributed by atoms with van der Waals surface area (Å²) in [7, 11) is 0. The number of aromatic nitrogens is 1. The molecule has 0 saturated heterocycles. The third kappa shape index (κ3) is 5.16. The number of nitrogens with one attached hydrogen (secondary N) is 2. The van der Waals surface area contributed by atoms with Gasteiger partial charge in [0, 0.05) is 24.4 Å². The Balaban J connectivity index is 1.46. The minimum absolute atomic E-state index is 0.00530. The van der Waals surface area contributed by atoms with Gasteiger partial charge in [0.15, 0.2) is 0 Å². The highest BCUT2D eigenvalue weighted by Gasteiger charge is 2.02. The second-order valence-electron chi connectivity index (χ2n) is 5.96. The van der Waals surface area contributed by atoms with Crippen molar-refractivity contribution in [1.82, 2.24) is 10.3 Å². The highest BCUT2D eigenvalue weighted by molar-refractivity contribution is 5.94. The van der Waals surface area contributed by atoms with Crippen LogP contribution in [0.5, 0.6) is 11.6 Å². The number of rotatable bonds is 8. The second-order valence-corrected chi connectivity index (χ2v) is 5.96. The van der Waals surface area contributed by atoms with Crippen molar-refractivity contribution >= 4 is 5.84 Å². The van der Waals surface area contributed by atoms with E-state index in [-0.39, 0.29) is 5.84 Å². The quantitative estimate of drug-likeness (QED) is 0.331. The van der Waals surface area contributed by atoms with Crippen LogP contribution in [-0.4, -0.2) is 17.4 Å². The van der Waals surface area contributed by atoms with Gasteiger partial charge in [-0.25, -0.2) is 4.98 Å². The van der Waals surface area contributed by atoms with E-state index in [1.54, 1.807) is 12.1 Å². The maximum absolute atomic E-state index is 7.36. The molecule has 0 amide bonds. The molecule has 0 fully saturated rings. The standard InChI is InChI=1S/C21H22N4O/c22-21(23)18-8-11-20(25-15-18)26-19-9-6-16(7-10-19)12-13-24-14-17-4-2-1-3-5-17/h1-11,15,24H,12-14H2,(H3,22,23). The first kappa shape index (κ1) is 17.6. The van der Waals surface area contributed by atoms with E-state index in [0.29, 0.717) is 11.4 Å². The summed E-state index contributed by atoms with van der Waals surface area (Å²) in [5.74, 6) is 1.20. The topological polar surface area (TPSA) is 84.0 Å². The number of nitrogens with zero attached hydrogens (tertiary/aromatic N) is 1. The lowest BCUT2D eigenvalue weighted by Crippen LogP contribution is -2.16. The molecule has 1 heterocycles. The third-order valence-electron chi connectivity index (χ3n) is 3.96. The predicted molar refractivity (Wildman–Crippen MR) is 104 cm³/mol. The normalized spacial score (nSPS) is 10.5. The molecule has 0 radical (unpaired) electrons. The van der Waals surface area contributed by atoms with Crippen LogP contribution in [-0.2, 0) is 13.0 Å². The minimum atomic E-state index is -0.00530. The molecule has 132 valence electrons. The number of nitrogen functional groups attached to an aromatic ring is 1. The predicted octanol–water partition coefficient (Wildman–Crippen LogP) is 3.49. The number of benzene rings is 2. The van der Waals surface area contributed by atoms with Crippen LogP contribution in [0.15, 0.2) is 72.9 Å². The van der Waals surface area contributed by atoms with E-state index in [9.17, 15) is 0 Å². The highest BCUT2D eigenvalue weighted by Crippen LogP contribution is 2.20. The molecular weight excluding hydrogens is 324 g/mol. The van der Waals surface area contributed by atoms with Crippen molar-refractivity contribution in [1.29, 1.82) is 5.41 Å². The number of hydrogen-bond donors (Lipinski definition) is 3. The Morgan fingerprint density at radius 2 is 1.73 bits per heavy atom. The van der Waals surface area contributed by atoms with Crippen LogP contribution in [0.4, 0.5) is 0 Å². The summed E-state index contributed by atoms with van der Waals surface area (Å²) in [6.45, 7) is 1.80. The lowest BCUT2D eigenvalue weighted by molar-refractivity contribution is 0.462. The van der Waals surface area contributed by atoms with E-state index in [1.807, 2.05) is 18.2 Å². The van der Waals surface area contributed by atoms with Crippen molar-refractivity contribution in [3.63, 3.8) is 0 Å². The summed E-state index contributed by atoms with van der Waals surface area (Å²) >= 11 is 0. The molecule has 0 aliphatic rings. The molecule has 4 N–H and O–H groups in total. The SMILES string of the molecule is N=C(N)c1ccc(Oc2ccc(CCNCc3ccccc3)cc2)nc1. The van der Waals surface area contributed by atoms with Gasteiger partial charge >= 0.3 is 0 Å². The molecule has 0 unspecified atom stereocenters. The van der Waals surface area contributed by atoms with Gasteiger partial charge in [0.05, 0.1) is 0 Å². The van der Waals surface area contributed by atoms with Crippen molar-refractivity contribution in [2.75, 3.05) is 6.54 Å². The highest BCUT2D eigenvalue weighted by atomic mass is 16.5. The van der Waals surface area contributed by atoms with Gasteiger partial charge in [0.1, 0.15) is 11.6 Å². The van der Waals surface area contributed by atoms with Gasteiger partial charge in [-0.05, 0) is 42.3 Å².